The predicted molar refractivity (Wildman–Crippen MR) is 216 cm³/mol. The van der Waals surface area contributed by atoms with Crippen LogP contribution in [0.2, 0.25) is 0 Å². The van der Waals surface area contributed by atoms with Crippen LogP contribution in [-0.4, -0.2) is 342 Å². The second kappa shape index (κ2) is 24.8. The molecule has 8 fully saturated rings. The summed E-state index contributed by atoms with van der Waals surface area (Å²) in [4.78, 5) is 0. The summed E-state index contributed by atoms with van der Waals surface area (Å²) >= 11 is 0. The van der Waals surface area contributed by atoms with Crippen LogP contribution in [0.3, 0.4) is 0 Å². The molecule has 8 saturated heterocycles. The van der Waals surface area contributed by atoms with E-state index in [-0.39, 0.29) is 0 Å². The molecule has 0 radical (unpaired) electrons. The number of aliphatic hydroxyl groups excluding tert-OH is 18. The van der Waals surface area contributed by atoms with Crippen molar-refractivity contribution in [2.45, 2.75) is 197 Å². The molecular weight excluding hydrogens is 1010 g/mol. The normalized spacial score (nSPS) is 54.2. The van der Waals surface area contributed by atoms with Crippen molar-refractivity contribution >= 4 is 0 Å². The van der Waals surface area contributed by atoms with Crippen molar-refractivity contribution in [2.75, 3.05) is 52.9 Å². The Kier molecular flexibility index (Phi) is 19.6. The maximum absolute atomic E-state index is 11.4. The lowest BCUT2D eigenvalue weighted by Crippen LogP contribution is -2.64. The van der Waals surface area contributed by atoms with Crippen LogP contribution in [0.15, 0.2) is 0 Å². The zero-order chi connectivity index (χ0) is 52.7. The van der Waals surface area contributed by atoms with E-state index >= 15 is 0 Å². The molecular formula is C40H66O33. The highest BCUT2D eigenvalue weighted by molar-refractivity contribution is 4.97. The molecule has 8 aliphatic rings. The first-order chi connectivity index (χ1) is 34.7. The van der Waals surface area contributed by atoms with Crippen LogP contribution in [0.5, 0.6) is 0 Å². The molecule has 0 aliphatic carbocycles. The lowest BCUT2D eigenvalue weighted by atomic mass is 10.0. The summed E-state index contributed by atoms with van der Waals surface area (Å²) in [5.41, 5.74) is 0. The molecule has 73 heavy (non-hydrogen) atoms. The molecule has 18 N–H and O–H groups in total. The molecule has 0 bridgehead atoms. The third-order valence-corrected chi connectivity index (χ3v) is 13.7. The molecule has 0 saturated carbocycles. The highest BCUT2D eigenvalue weighted by atomic mass is 16.8. The van der Waals surface area contributed by atoms with Gasteiger partial charge in [-0.2, -0.15) is 0 Å². The summed E-state index contributed by atoms with van der Waals surface area (Å²) in [7, 11) is 0. The fourth-order valence-electron chi connectivity index (χ4n) is 9.23. The summed E-state index contributed by atoms with van der Waals surface area (Å²) < 4.78 is 84.9. The molecule has 0 aromatic rings. The van der Waals surface area contributed by atoms with E-state index in [9.17, 15) is 91.9 Å². The van der Waals surface area contributed by atoms with Crippen molar-refractivity contribution in [3.05, 3.63) is 0 Å². The van der Waals surface area contributed by atoms with Gasteiger partial charge in [0.05, 0.1) is 52.9 Å². The number of hydrogen-bond donors (Lipinski definition) is 18. The minimum atomic E-state index is -2.00. The van der Waals surface area contributed by atoms with E-state index in [2.05, 4.69) is 0 Å². The van der Waals surface area contributed by atoms with Crippen LogP contribution in [0.4, 0.5) is 0 Å². The minimum Gasteiger partial charge on any atom is -0.394 e. The Morgan fingerprint density at radius 1 is 0.274 bits per heavy atom. The Bertz CT molecular complexity index is 1710. The summed E-state index contributed by atoms with van der Waals surface area (Å²) in [5.74, 6) is 0. The van der Waals surface area contributed by atoms with Gasteiger partial charge in [-0.05, 0) is 0 Å². The second-order valence-corrected chi connectivity index (χ2v) is 18.7. The smallest absolute Gasteiger partial charge is 0.187 e. The number of aliphatic hydroxyl groups is 18. The van der Waals surface area contributed by atoms with Crippen LogP contribution < -0.4 is 0 Å². The first-order valence-electron chi connectivity index (χ1n) is 23.4. The van der Waals surface area contributed by atoms with Gasteiger partial charge in [0.15, 0.2) is 50.3 Å². The fraction of sp³-hybridized carbons (Fsp3) is 1.00. The maximum atomic E-state index is 11.4. The van der Waals surface area contributed by atoms with Gasteiger partial charge in [0, 0.05) is 0 Å². The van der Waals surface area contributed by atoms with Gasteiger partial charge >= 0.3 is 0 Å². The lowest BCUT2D eigenvalue weighted by molar-refractivity contribution is -0.383. The number of rotatable bonds is 16. The fourth-order valence-corrected chi connectivity index (χ4v) is 9.23. The van der Waals surface area contributed by atoms with E-state index in [1.807, 2.05) is 0 Å². The van der Waals surface area contributed by atoms with Gasteiger partial charge in [-0.15, -0.1) is 0 Å². The quantitative estimate of drug-likeness (QED) is 0.0682. The summed E-state index contributed by atoms with van der Waals surface area (Å²) in [5, 5.41) is 189. The molecule has 0 aromatic carbocycles. The van der Waals surface area contributed by atoms with Crippen LogP contribution in [0.25, 0.3) is 0 Å². The third kappa shape index (κ3) is 12.3. The van der Waals surface area contributed by atoms with Gasteiger partial charge in [-0.3, -0.25) is 0 Å². The summed E-state index contributed by atoms with van der Waals surface area (Å²) in [6, 6.07) is 0. The van der Waals surface area contributed by atoms with E-state index in [0.29, 0.717) is 0 Å². The molecule has 8 heterocycles. The molecule has 8 aliphatic heterocycles. The van der Waals surface area contributed by atoms with Gasteiger partial charge in [0.1, 0.15) is 146 Å². The second-order valence-electron chi connectivity index (χ2n) is 18.7. The third-order valence-electron chi connectivity index (χ3n) is 13.7. The molecule has 8 rings (SSSR count). The molecule has 8 unspecified atom stereocenters. The average Bonchev–Trinajstić information content (AvgIpc) is 3.81. The van der Waals surface area contributed by atoms with Crippen molar-refractivity contribution in [2.24, 2.45) is 0 Å². The molecule has 0 amide bonds. The van der Waals surface area contributed by atoms with Crippen molar-refractivity contribution in [3.63, 3.8) is 0 Å². The van der Waals surface area contributed by atoms with Gasteiger partial charge in [-0.1, -0.05) is 0 Å². The number of ether oxygens (including phenoxy) is 15. The summed E-state index contributed by atoms with van der Waals surface area (Å²) in [6.45, 7) is -4.79. The average molecular weight is 1070 g/mol. The highest BCUT2D eigenvalue weighted by Gasteiger charge is 2.56. The zero-order valence-corrected chi connectivity index (χ0v) is 38.3. The van der Waals surface area contributed by atoms with Crippen molar-refractivity contribution < 1.29 is 163 Å². The largest absolute Gasteiger partial charge is 0.394 e. The Hall–Kier alpha value is -1.32. The molecule has 33 nitrogen and oxygen atoms in total. The van der Waals surface area contributed by atoms with Crippen molar-refractivity contribution in [1.82, 2.24) is 0 Å². The molecule has 0 spiro atoms. The minimum absolute atomic E-state index is 0.401. The maximum Gasteiger partial charge on any atom is 0.187 e. The van der Waals surface area contributed by atoms with Gasteiger partial charge in [-0.25, -0.2) is 0 Å². The van der Waals surface area contributed by atoms with Gasteiger partial charge in [0.25, 0.3) is 0 Å². The monoisotopic (exact) mass is 1070 g/mol. The SMILES string of the molecule is OC[C@@H]1O[C@@H](OC2[C@H](O[C@@H]3CO[C@H](O[C@@H]4CO[C@H](O[C@@H]5CO[C@@H](O[C@@H]6CO[C@@H](O)C(O)[C@H]6O)C(O)[C@H]5O)C(O)[C@H]4O)C(O)[C@H]3O)OC[C@@H](O[C@@H]3OC[C@@H](O)[C@H](O)C3O)[C@@H]2O[C@@H]2O[C@@H](CO)[C@@H](O)C2O)C(O)[C@@H]1O. The van der Waals surface area contributed by atoms with Crippen LogP contribution in [0, 0.1) is 0 Å². The van der Waals surface area contributed by atoms with Crippen LogP contribution >= 0.6 is 0 Å². The molecule has 33 heteroatoms. The van der Waals surface area contributed by atoms with Crippen molar-refractivity contribution in [3.8, 4) is 0 Å². The first-order valence-corrected chi connectivity index (χ1v) is 23.4. The molecule has 0 aromatic heterocycles. The standard InChI is InChI=1S/C40H66O33/c41-1-10-18(45)29(56)38(65-10)72-31-16(71-34-25(52)17(44)9(43)3-60-34)8-64-40(32(31)73-39-30(57)19(46)11(2-42)66-39)70-15-7-63-37(28(55)23(15)50)69-14-6-62-36(27(54)22(14)49)68-13-5-61-35(26(53)21(13)48)67-12-4-59-33(58)24(51)20(12)47/h9-58H,1-8H2/t9-,10+,11+,12-,13-,14-,15-,16-,17+,18-,19-,20+,21+,22+,23+,24?,25?,26?,27?,28?,29?,30?,31+,32?,33-,34+,35+,36-,37-,38+,39+,40+/m1/s1. The van der Waals surface area contributed by atoms with E-state index < -0.39 is 250 Å². The Morgan fingerprint density at radius 2 is 0.589 bits per heavy atom. The zero-order valence-electron chi connectivity index (χ0n) is 38.3. The molecule has 424 valence electrons. The molecule has 32 atom stereocenters. The topological polar surface area (TPSA) is 503 Å². The van der Waals surface area contributed by atoms with E-state index in [1.165, 1.54) is 0 Å². The van der Waals surface area contributed by atoms with Crippen LogP contribution in [-0.2, 0) is 71.1 Å². The number of hydrogen-bond acceptors (Lipinski definition) is 33. The summed E-state index contributed by atoms with van der Waals surface area (Å²) in [6.07, 6.45) is -54.3. The van der Waals surface area contributed by atoms with Crippen molar-refractivity contribution in [1.29, 1.82) is 0 Å². The first kappa shape index (κ1) is 57.8. The Balaban J connectivity index is 0.907. The van der Waals surface area contributed by atoms with E-state index in [1.54, 1.807) is 0 Å². The van der Waals surface area contributed by atoms with Gasteiger partial charge in [0.2, 0.25) is 0 Å². The van der Waals surface area contributed by atoms with Crippen LogP contribution in [0.1, 0.15) is 0 Å². The Labute approximate surface area is 412 Å². The lowest BCUT2D eigenvalue weighted by Gasteiger charge is -2.47. The van der Waals surface area contributed by atoms with E-state index in [0.717, 1.165) is 0 Å². The predicted octanol–water partition coefficient (Wildman–Crippen LogP) is -13.3. The van der Waals surface area contributed by atoms with E-state index in [4.69, 9.17) is 71.1 Å². The van der Waals surface area contributed by atoms with Gasteiger partial charge < -0.3 is 163 Å². The highest BCUT2D eigenvalue weighted by Crippen LogP contribution is 2.37. The Morgan fingerprint density at radius 3 is 1.01 bits per heavy atom.